The first-order valence-electron chi connectivity index (χ1n) is 7.27. The molecule has 3 nitrogen and oxygen atoms in total. The first-order valence-corrected chi connectivity index (χ1v) is 8.42. The van der Waals surface area contributed by atoms with Crippen LogP contribution in [0.15, 0.2) is 18.2 Å². The molecule has 4 heteroatoms. The number of carbonyl (C=O) groups excluding carboxylic acids is 1. The molecule has 21 heavy (non-hydrogen) atoms. The molecule has 0 aliphatic carbocycles. The van der Waals surface area contributed by atoms with Gasteiger partial charge >= 0.3 is 0 Å². The van der Waals surface area contributed by atoms with E-state index in [0.29, 0.717) is 12.1 Å². The minimum atomic E-state index is -0.0297. The SMILES string of the molecule is CCSCCC(C)NC(=O)c1cccc(C#CCN)c1C. The fourth-order valence-electron chi connectivity index (χ4n) is 1.94. The van der Waals surface area contributed by atoms with Crippen molar-refractivity contribution in [2.24, 2.45) is 5.73 Å². The number of amides is 1. The zero-order valence-corrected chi connectivity index (χ0v) is 13.8. The van der Waals surface area contributed by atoms with Gasteiger partial charge in [-0.1, -0.05) is 24.8 Å². The molecule has 0 fully saturated rings. The predicted molar refractivity (Wildman–Crippen MR) is 91.7 cm³/mol. The molecular formula is C17H24N2OS. The Hall–Kier alpha value is -1.44. The molecule has 0 saturated heterocycles. The number of thioether (sulfide) groups is 1. The molecule has 1 amide bonds. The van der Waals surface area contributed by atoms with Crippen LogP contribution in [-0.2, 0) is 0 Å². The van der Waals surface area contributed by atoms with Gasteiger partial charge in [0.25, 0.3) is 5.91 Å². The molecule has 0 radical (unpaired) electrons. The zero-order valence-electron chi connectivity index (χ0n) is 13.0. The lowest BCUT2D eigenvalue weighted by Gasteiger charge is -2.15. The molecule has 1 rings (SSSR count). The summed E-state index contributed by atoms with van der Waals surface area (Å²) in [5.74, 6) is 7.99. The van der Waals surface area contributed by atoms with Crippen LogP contribution in [0.2, 0.25) is 0 Å². The molecule has 0 saturated carbocycles. The summed E-state index contributed by atoms with van der Waals surface area (Å²) in [4.78, 5) is 12.3. The quantitative estimate of drug-likeness (QED) is 0.627. The van der Waals surface area contributed by atoms with Gasteiger partial charge in [-0.2, -0.15) is 11.8 Å². The van der Waals surface area contributed by atoms with Crippen molar-refractivity contribution < 1.29 is 4.79 Å². The van der Waals surface area contributed by atoms with Crippen molar-refractivity contribution in [3.05, 3.63) is 34.9 Å². The van der Waals surface area contributed by atoms with E-state index in [1.807, 2.05) is 43.8 Å². The van der Waals surface area contributed by atoms with Crippen LogP contribution >= 0.6 is 11.8 Å². The number of hydrogen-bond donors (Lipinski definition) is 2. The van der Waals surface area contributed by atoms with Crippen LogP contribution < -0.4 is 11.1 Å². The molecular weight excluding hydrogens is 280 g/mol. The summed E-state index contributed by atoms with van der Waals surface area (Å²) >= 11 is 1.89. The summed E-state index contributed by atoms with van der Waals surface area (Å²) in [5, 5.41) is 3.05. The number of benzene rings is 1. The molecule has 0 aromatic heterocycles. The van der Waals surface area contributed by atoms with Gasteiger partial charge in [-0.3, -0.25) is 4.79 Å². The topological polar surface area (TPSA) is 55.1 Å². The normalized spacial score (nSPS) is 11.4. The summed E-state index contributed by atoms with van der Waals surface area (Å²) in [5.41, 5.74) is 7.85. The molecule has 0 aliphatic rings. The monoisotopic (exact) mass is 304 g/mol. The third-order valence-corrected chi connectivity index (χ3v) is 4.11. The third-order valence-electron chi connectivity index (χ3n) is 3.18. The Morgan fingerprint density at radius 1 is 1.48 bits per heavy atom. The summed E-state index contributed by atoms with van der Waals surface area (Å²) < 4.78 is 0. The average molecular weight is 304 g/mol. The van der Waals surface area contributed by atoms with Gasteiger partial charge in [0, 0.05) is 17.2 Å². The Bertz CT molecular complexity index is 531. The van der Waals surface area contributed by atoms with Gasteiger partial charge in [0.1, 0.15) is 0 Å². The molecule has 114 valence electrons. The second-order valence-electron chi connectivity index (χ2n) is 4.84. The Morgan fingerprint density at radius 2 is 2.24 bits per heavy atom. The Labute approximate surface area is 132 Å². The number of nitrogens with two attached hydrogens (primary N) is 1. The van der Waals surface area contributed by atoms with E-state index in [2.05, 4.69) is 24.1 Å². The standard InChI is InChI=1S/C17H24N2OS/c1-4-21-12-10-13(2)19-17(20)16-9-5-7-15(14(16)3)8-6-11-18/h5,7,9,13H,4,10-12,18H2,1-3H3,(H,19,20). The first-order chi connectivity index (χ1) is 10.1. The molecule has 0 bridgehead atoms. The molecule has 0 aliphatic heterocycles. The highest BCUT2D eigenvalue weighted by Gasteiger charge is 2.13. The highest BCUT2D eigenvalue weighted by molar-refractivity contribution is 7.99. The van der Waals surface area contributed by atoms with E-state index in [4.69, 9.17) is 5.73 Å². The molecule has 0 spiro atoms. The van der Waals surface area contributed by atoms with Crippen LogP contribution in [0.3, 0.4) is 0 Å². The second-order valence-corrected chi connectivity index (χ2v) is 6.24. The van der Waals surface area contributed by atoms with E-state index in [-0.39, 0.29) is 11.9 Å². The van der Waals surface area contributed by atoms with Crippen LogP contribution in [-0.4, -0.2) is 30.0 Å². The summed E-state index contributed by atoms with van der Waals surface area (Å²) in [6.45, 7) is 6.43. The fourth-order valence-corrected chi connectivity index (χ4v) is 2.75. The lowest BCUT2D eigenvalue weighted by molar-refractivity contribution is 0.0939. The van der Waals surface area contributed by atoms with Crippen molar-refractivity contribution in [1.29, 1.82) is 0 Å². The van der Waals surface area contributed by atoms with Gasteiger partial charge in [0.05, 0.1) is 6.54 Å². The van der Waals surface area contributed by atoms with Crippen molar-refractivity contribution >= 4 is 17.7 Å². The maximum Gasteiger partial charge on any atom is 0.251 e. The molecule has 1 aromatic carbocycles. The average Bonchev–Trinajstić information content (AvgIpc) is 2.46. The summed E-state index contributed by atoms with van der Waals surface area (Å²) in [7, 11) is 0. The van der Waals surface area contributed by atoms with Crippen molar-refractivity contribution in [1.82, 2.24) is 5.32 Å². The van der Waals surface area contributed by atoms with Crippen LogP contribution in [0.5, 0.6) is 0 Å². The van der Waals surface area contributed by atoms with Gasteiger partial charge in [0.15, 0.2) is 0 Å². The highest BCUT2D eigenvalue weighted by Crippen LogP contribution is 2.13. The molecule has 0 heterocycles. The minimum Gasteiger partial charge on any atom is -0.350 e. The van der Waals surface area contributed by atoms with E-state index in [0.717, 1.165) is 29.1 Å². The Kier molecular flexibility index (Phi) is 7.96. The molecule has 3 N–H and O–H groups in total. The van der Waals surface area contributed by atoms with Gasteiger partial charge in [-0.15, -0.1) is 0 Å². The van der Waals surface area contributed by atoms with E-state index >= 15 is 0 Å². The fraction of sp³-hybridized carbons (Fsp3) is 0.471. The van der Waals surface area contributed by atoms with E-state index in [1.165, 1.54) is 0 Å². The van der Waals surface area contributed by atoms with Crippen molar-refractivity contribution in [3.63, 3.8) is 0 Å². The van der Waals surface area contributed by atoms with Gasteiger partial charge in [-0.05, 0) is 49.5 Å². The molecule has 1 atom stereocenters. The zero-order chi connectivity index (χ0) is 15.7. The Balaban J connectivity index is 2.74. The highest BCUT2D eigenvalue weighted by atomic mass is 32.2. The molecule has 1 unspecified atom stereocenters. The van der Waals surface area contributed by atoms with E-state index < -0.39 is 0 Å². The smallest absolute Gasteiger partial charge is 0.251 e. The van der Waals surface area contributed by atoms with Gasteiger partial charge < -0.3 is 11.1 Å². The van der Waals surface area contributed by atoms with Crippen LogP contribution in [0.25, 0.3) is 0 Å². The van der Waals surface area contributed by atoms with Crippen LogP contribution in [0, 0.1) is 18.8 Å². The maximum atomic E-state index is 12.3. The number of nitrogens with one attached hydrogen (secondary N) is 1. The number of rotatable bonds is 6. The third kappa shape index (κ3) is 5.82. The lowest BCUT2D eigenvalue weighted by Crippen LogP contribution is -2.33. The van der Waals surface area contributed by atoms with Crippen molar-refractivity contribution in [2.45, 2.75) is 33.2 Å². The minimum absolute atomic E-state index is 0.0297. The molecule has 1 aromatic rings. The second kappa shape index (κ2) is 9.49. The van der Waals surface area contributed by atoms with Crippen molar-refractivity contribution in [3.8, 4) is 11.8 Å². The van der Waals surface area contributed by atoms with E-state index in [9.17, 15) is 4.79 Å². The largest absolute Gasteiger partial charge is 0.350 e. The summed E-state index contributed by atoms with van der Waals surface area (Å²) in [6.07, 6.45) is 0.982. The lowest BCUT2D eigenvalue weighted by atomic mass is 10.0. The van der Waals surface area contributed by atoms with Crippen molar-refractivity contribution in [2.75, 3.05) is 18.1 Å². The Morgan fingerprint density at radius 3 is 2.90 bits per heavy atom. The predicted octanol–water partition coefficient (Wildman–Crippen LogP) is 2.57. The van der Waals surface area contributed by atoms with E-state index in [1.54, 1.807) is 0 Å². The van der Waals surface area contributed by atoms with Crippen LogP contribution in [0.4, 0.5) is 0 Å². The van der Waals surface area contributed by atoms with Gasteiger partial charge in [0.2, 0.25) is 0 Å². The summed E-state index contributed by atoms with van der Waals surface area (Å²) in [6, 6.07) is 5.79. The number of carbonyl (C=O) groups is 1. The van der Waals surface area contributed by atoms with Crippen LogP contribution in [0.1, 0.15) is 41.8 Å². The number of hydrogen-bond acceptors (Lipinski definition) is 3. The maximum absolute atomic E-state index is 12.3. The first kappa shape index (κ1) is 17.6. The van der Waals surface area contributed by atoms with Gasteiger partial charge in [-0.25, -0.2) is 0 Å².